The minimum Gasteiger partial charge on any atom is -0.455 e. The van der Waals surface area contributed by atoms with Crippen LogP contribution < -0.4 is 0 Å². The quantitative estimate of drug-likeness (QED) is 0.115. The number of fused-ring (bicyclic) bond motifs is 12. The maximum absolute atomic E-state index is 6.70. The van der Waals surface area contributed by atoms with E-state index in [2.05, 4.69) is 223 Å². The lowest BCUT2D eigenvalue weighted by molar-refractivity contribution is 0.669. The second kappa shape index (κ2) is 30.9. The molecule has 119 heavy (non-hydrogen) atoms. The van der Waals surface area contributed by atoms with E-state index in [1.165, 1.54) is 16.2 Å². The van der Waals surface area contributed by atoms with Crippen LogP contribution in [0.15, 0.2) is 426 Å². The number of pyridine rings is 1. The fourth-order valence-corrected chi connectivity index (χ4v) is 16.1. The maximum atomic E-state index is 6.70. The molecule has 558 valence electrons. The zero-order valence-corrected chi connectivity index (χ0v) is 64.1. The number of para-hydroxylation sites is 3. The van der Waals surface area contributed by atoms with Gasteiger partial charge in [0.05, 0.1) is 34.0 Å². The molecule has 0 aliphatic heterocycles. The fraction of sp³-hybridized carbons (Fsp3) is 0. The molecule has 0 fully saturated rings. The van der Waals surface area contributed by atoms with E-state index < -0.39 is 0 Å². The highest BCUT2D eigenvalue weighted by atomic mass is 16.3. The molecule has 0 atom stereocenters. The molecule has 0 N–H and O–H groups in total. The number of hydrogen-bond donors (Lipinski definition) is 0. The van der Waals surface area contributed by atoms with E-state index >= 15 is 0 Å². The third kappa shape index (κ3) is 13.6. The van der Waals surface area contributed by atoms with E-state index in [-0.39, 0.29) is 0 Å². The number of rotatable bonds is 12. The number of hydrogen-bond acceptors (Lipinski definition) is 11. The van der Waals surface area contributed by atoms with Gasteiger partial charge in [0.25, 0.3) is 0 Å². The van der Waals surface area contributed by atoms with Crippen molar-refractivity contribution < 1.29 is 13.3 Å². The zero-order valence-electron chi connectivity index (χ0n) is 64.1. The van der Waals surface area contributed by atoms with Crippen molar-refractivity contribution in [1.29, 1.82) is 0 Å². The third-order valence-electron chi connectivity index (χ3n) is 21.8. The third-order valence-corrected chi connectivity index (χ3v) is 21.8. The van der Waals surface area contributed by atoms with Crippen molar-refractivity contribution in [3.8, 4) is 135 Å². The van der Waals surface area contributed by atoms with E-state index in [0.717, 1.165) is 183 Å². The highest BCUT2D eigenvalue weighted by Crippen LogP contribution is 2.47. The van der Waals surface area contributed by atoms with Crippen LogP contribution in [0.4, 0.5) is 0 Å². The van der Waals surface area contributed by atoms with E-state index in [4.69, 9.17) is 48.1 Å². The smallest absolute Gasteiger partial charge is 0.167 e. The highest BCUT2D eigenvalue weighted by Gasteiger charge is 2.25. The van der Waals surface area contributed by atoms with Crippen LogP contribution in [0.1, 0.15) is 0 Å². The summed E-state index contributed by atoms with van der Waals surface area (Å²) in [5, 5.41) is 11.1. The molecule has 23 rings (SSSR count). The number of benzene rings is 16. The normalized spacial score (nSPS) is 11.4. The number of furan rings is 3. The van der Waals surface area contributed by atoms with E-state index in [1.807, 2.05) is 194 Å². The van der Waals surface area contributed by atoms with Crippen molar-refractivity contribution in [2.75, 3.05) is 0 Å². The molecule has 16 aromatic carbocycles. The van der Waals surface area contributed by atoms with Crippen molar-refractivity contribution in [3.05, 3.63) is 413 Å². The first-order chi connectivity index (χ1) is 59.0. The van der Waals surface area contributed by atoms with E-state index in [0.29, 0.717) is 23.3 Å². The summed E-state index contributed by atoms with van der Waals surface area (Å²) in [5.41, 5.74) is 23.5. The first-order valence-electron chi connectivity index (χ1n) is 39.6. The van der Waals surface area contributed by atoms with Gasteiger partial charge in [0.2, 0.25) is 0 Å². The lowest BCUT2D eigenvalue weighted by Gasteiger charge is -2.13. The van der Waals surface area contributed by atoms with Crippen LogP contribution >= 0.6 is 0 Å². The Morgan fingerprint density at radius 1 is 0.176 bits per heavy atom. The maximum Gasteiger partial charge on any atom is 0.167 e. The Balaban J connectivity index is 0.000000114. The van der Waals surface area contributed by atoms with Gasteiger partial charge in [-0.3, -0.25) is 4.98 Å². The first-order valence-corrected chi connectivity index (χ1v) is 39.6. The van der Waals surface area contributed by atoms with Crippen molar-refractivity contribution >= 4 is 87.4 Å². The van der Waals surface area contributed by atoms with Crippen LogP contribution in [0, 0.1) is 0 Å². The van der Waals surface area contributed by atoms with E-state index in [9.17, 15) is 0 Å². The molecule has 0 saturated carbocycles. The predicted octanol–water partition coefficient (Wildman–Crippen LogP) is 28.2. The highest BCUT2D eigenvalue weighted by molar-refractivity contribution is 6.21. The Hall–Kier alpha value is -16.2. The predicted molar refractivity (Wildman–Crippen MR) is 484 cm³/mol. The van der Waals surface area contributed by atoms with Crippen LogP contribution in [-0.2, 0) is 0 Å². The first kappa shape index (κ1) is 70.6. The average molecular weight is 1530 g/mol. The second-order valence-electron chi connectivity index (χ2n) is 29.1. The molecule has 23 aromatic rings. The number of nitrogens with zero attached hydrogens (tertiary/aromatic N) is 8. The van der Waals surface area contributed by atoms with Crippen LogP contribution in [0.25, 0.3) is 223 Å². The fourth-order valence-electron chi connectivity index (χ4n) is 16.1. The van der Waals surface area contributed by atoms with Crippen LogP contribution in [0.3, 0.4) is 0 Å². The van der Waals surface area contributed by atoms with Gasteiger partial charge in [-0.2, -0.15) is 0 Å². The van der Waals surface area contributed by atoms with Gasteiger partial charge in [-0.25, -0.2) is 34.9 Å². The van der Waals surface area contributed by atoms with Gasteiger partial charge in [-0.05, 0) is 87.4 Å². The summed E-state index contributed by atoms with van der Waals surface area (Å²) in [4.78, 5) is 39.5. The van der Waals surface area contributed by atoms with Gasteiger partial charge in [0.1, 0.15) is 33.5 Å². The van der Waals surface area contributed by atoms with Gasteiger partial charge >= 0.3 is 0 Å². The lowest BCUT2D eigenvalue weighted by Crippen LogP contribution is -2.00. The Bertz CT molecular complexity index is 7580. The van der Waals surface area contributed by atoms with E-state index in [1.54, 1.807) is 0 Å². The summed E-state index contributed by atoms with van der Waals surface area (Å²) in [6.45, 7) is 0. The number of aromatic nitrogens is 8. The largest absolute Gasteiger partial charge is 0.455 e. The Kier molecular flexibility index (Phi) is 18.4. The molecular formula is C108H68N8O3. The molecule has 0 aliphatic rings. The lowest BCUT2D eigenvalue weighted by atomic mass is 9.94. The molecule has 0 unspecified atom stereocenters. The topological polar surface area (TPSA) is 143 Å². The molecule has 7 aromatic heterocycles. The average Bonchev–Trinajstić information content (AvgIpc) is 1.61. The molecule has 0 saturated heterocycles. The van der Waals surface area contributed by atoms with Crippen molar-refractivity contribution in [1.82, 2.24) is 39.9 Å². The minimum atomic E-state index is 0.590. The minimum absolute atomic E-state index is 0.590. The Labute approximate surface area is 684 Å². The molecule has 11 nitrogen and oxygen atoms in total. The summed E-state index contributed by atoms with van der Waals surface area (Å²) < 4.78 is 19.8. The standard InChI is InChI=1S/C46H28N2O2.C31H19N3O.C31H21N3/c1-4-14-29(15-5-1)32-24-27-35(45-42(32)36-20-10-12-22-40(36)50-45)39-28-38(47-46(48-39)31-18-8-3-9-19-31)34-26-25-33(30-16-6-2-7-17-30)44-43(34)37-21-11-13-23-41(37)49-44;1-3-11-21(12-4-1)29-32-30(22-13-5-2-6-14-22)34-31(33-29)25-17-9-16-24-27-23-15-8-7-10-20(23)18-19-26(27)35-28(24)25;1-3-10-23(11-4-1)28-21-29(34-31(33-28)26-12-5-2-6-13-26)24-15-17-25(18-16-24)30-27-14-8-7-9-22(27)19-20-32-30/h1-28H;1-19H;1-21H. The molecule has 0 spiro atoms. The van der Waals surface area contributed by atoms with Gasteiger partial charge in [-0.1, -0.05) is 352 Å². The van der Waals surface area contributed by atoms with Gasteiger partial charge in [0, 0.05) is 99.5 Å². The van der Waals surface area contributed by atoms with Crippen LogP contribution in [-0.4, -0.2) is 39.9 Å². The molecule has 0 bridgehead atoms. The Morgan fingerprint density at radius 2 is 0.546 bits per heavy atom. The van der Waals surface area contributed by atoms with Crippen LogP contribution in [0.5, 0.6) is 0 Å². The molecule has 0 amide bonds. The van der Waals surface area contributed by atoms with Crippen molar-refractivity contribution in [2.45, 2.75) is 0 Å². The van der Waals surface area contributed by atoms with Crippen molar-refractivity contribution in [3.63, 3.8) is 0 Å². The molecule has 7 heterocycles. The summed E-state index contributed by atoms with van der Waals surface area (Å²) >= 11 is 0. The Morgan fingerprint density at radius 3 is 1.11 bits per heavy atom. The summed E-state index contributed by atoms with van der Waals surface area (Å²) in [6.07, 6.45) is 1.87. The van der Waals surface area contributed by atoms with Gasteiger partial charge < -0.3 is 13.3 Å². The molecule has 0 radical (unpaired) electrons. The van der Waals surface area contributed by atoms with Crippen LogP contribution in [0.2, 0.25) is 0 Å². The molecular weight excluding hydrogens is 1460 g/mol. The molecule has 0 aliphatic carbocycles. The van der Waals surface area contributed by atoms with Crippen molar-refractivity contribution in [2.24, 2.45) is 0 Å². The van der Waals surface area contributed by atoms with Gasteiger partial charge in [-0.15, -0.1) is 0 Å². The summed E-state index contributed by atoms with van der Waals surface area (Å²) in [6, 6.07) is 138. The monoisotopic (exact) mass is 1520 g/mol. The SMILES string of the molecule is c1ccc(-c2cc(-c3ccc(-c4nccc5ccccc45)cc3)nc(-c3ccccc3)n2)cc1.c1ccc(-c2nc(-c3ccc(-c4ccccc4)c4c3oc3ccccc34)cc(-c3ccc(-c4ccccc4)c4oc5ccccc5c34)n2)cc1.c1ccc(-c2nc(-c3ccccc3)nc(-c3cccc4c3oc3ccc5ccccc5c34)n2)cc1. The second-order valence-corrected chi connectivity index (χ2v) is 29.1. The summed E-state index contributed by atoms with van der Waals surface area (Å²) in [5.74, 6) is 3.21. The zero-order chi connectivity index (χ0) is 79.0. The molecule has 11 heteroatoms. The van der Waals surface area contributed by atoms with Gasteiger partial charge in [0.15, 0.2) is 29.1 Å². The summed E-state index contributed by atoms with van der Waals surface area (Å²) in [7, 11) is 0.